The molecule has 3 N–H and O–H groups in total. The van der Waals surface area contributed by atoms with Crippen LogP contribution in [-0.4, -0.2) is 83.5 Å². The first-order valence-corrected chi connectivity index (χ1v) is 10.6. The van der Waals surface area contributed by atoms with E-state index in [1.165, 1.54) is 31.3 Å². The van der Waals surface area contributed by atoms with Crippen molar-refractivity contribution in [3.8, 4) is 16.9 Å². The van der Waals surface area contributed by atoms with E-state index in [9.17, 15) is 24.3 Å². The Morgan fingerprint density at radius 3 is 2.46 bits per heavy atom. The van der Waals surface area contributed by atoms with Crippen LogP contribution in [0.4, 0.5) is 4.79 Å². The number of urea groups is 1. The standard InChI is InChI=1S/C25H27N3O6.Na.H/c1-14-7-5-6-8-17(14)18-11-16(34-4)12-19(15(18)2)20(13-22(30)31)26-25(33)27-23-21(29)9-10-28(3)24(23)32;;/h5-12,20,23H,13H2,1-4H3,(H,30,31)(H2,26,27,33);;. The number of carbonyl (C=O) groups excluding carboxylic acids is 3. The fraction of sp³-hybridized carbons (Fsp3) is 0.280. The number of hydrogen-bond donors (Lipinski definition) is 3. The summed E-state index contributed by atoms with van der Waals surface area (Å²) in [5.41, 5.74) is 4.14. The summed E-state index contributed by atoms with van der Waals surface area (Å²) in [6.07, 6.45) is 2.10. The van der Waals surface area contributed by atoms with Crippen LogP contribution in [0.25, 0.3) is 11.1 Å². The van der Waals surface area contributed by atoms with Crippen LogP contribution in [0.1, 0.15) is 29.2 Å². The van der Waals surface area contributed by atoms with E-state index in [1.807, 2.05) is 44.2 Å². The number of nitrogens with zero attached hydrogens (tertiary/aromatic N) is 1. The molecule has 0 aromatic heterocycles. The summed E-state index contributed by atoms with van der Waals surface area (Å²) in [5, 5.41) is 14.5. The van der Waals surface area contributed by atoms with Crippen molar-refractivity contribution >= 4 is 53.2 Å². The fourth-order valence-electron chi connectivity index (χ4n) is 3.90. The second-order valence-corrected chi connectivity index (χ2v) is 8.07. The van der Waals surface area contributed by atoms with Crippen molar-refractivity contribution in [3.05, 3.63) is 65.4 Å². The van der Waals surface area contributed by atoms with Gasteiger partial charge in [-0.15, -0.1) is 0 Å². The number of carboxylic acid groups (broad SMARTS) is 1. The number of aliphatic carboxylic acids is 1. The average molecular weight is 490 g/mol. The van der Waals surface area contributed by atoms with Gasteiger partial charge in [-0.05, 0) is 53.8 Å². The first-order valence-electron chi connectivity index (χ1n) is 10.6. The molecule has 3 amide bonds. The molecule has 2 aromatic rings. The summed E-state index contributed by atoms with van der Waals surface area (Å²) in [4.78, 5) is 50.0. The number of ketones is 1. The Balaban J connectivity index is 0.00000432. The summed E-state index contributed by atoms with van der Waals surface area (Å²) >= 11 is 0. The van der Waals surface area contributed by atoms with E-state index in [2.05, 4.69) is 10.6 Å². The van der Waals surface area contributed by atoms with Gasteiger partial charge in [0.05, 0.1) is 19.6 Å². The predicted molar refractivity (Wildman–Crippen MR) is 132 cm³/mol. The molecule has 1 aliphatic rings. The molecule has 0 radical (unpaired) electrons. The van der Waals surface area contributed by atoms with Gasteiger partial charge in [0.1, 0.15) is 5.75 Å². The summed E-state index contributed by atoms with van der Waals surface area (Å²) in [7, 11) is 2.98. The van der Waals surface area contributed by atoms with Gasteiger partial charge in [-0.25, -0.2) is 4.79 Å². The number of methoxy groups -OCH3 is 1. The molecule has 0 saturated carbocycles. The molecule has 2 atom stereocenters. The zero-order chi connectivity index (χ0) is 25.0. The van der Waals surface area contributed by atoms with Gasteiger partial charge < -0.3 is 25.4 Å². The molecule has 2 unspecified atom stereocenters. The third-order valence-corrected chi connectivity index (χ3v) is 5.77. The van der Waals surface area contributed by atoms with Gasteiger partial charge in [-0.3, -0.25) is 14.4 Å². The number of amides is 3. The molecular weight excluding hydrogens is 461 g/mol. The summed E-state index contributed by atoms with van der Waals surface area (Å²) < 4.78 is 5.46. The van der Waals surface area contributed by atoms with Gasteiger partial charge in [0.15, 0.2) is 11.8 Å². The van der Waals surface area contributed by atoms with E-state index >= 15 is 0 Å². The van der Waals surface area contributed by atoms with Gasteiger partial charge >= 0.3 is 41.6 Å². The number of likely N-dealkylation sites (N-methyl/N-ethyl adjacent to an activating group) is 1. The van der Waals surface area contributed by atoms with Gasteiger partial charge in [0, 0.05) is 19.3 Å². The molecule has 9 nitrogen and oxygen atoms in total. The van der Waals surface area contributed by atoms with Gasteiger partial charge in [0.25, 0.3) is 5.91 Å². The van der Waals surface area contributed by atoms with Gasteiger partial charge in [-0.1, -0.05) is 24.3 Å². The van der Waals surface area contributed by atoms with Crippen molar-refractivity contribution < 1.29 is 29.0 Å². The maximum atomic E-state index is 12.8. The summed E-state index contributed by atoms with van der Waals surface area (Å²) in [5.74, 6) is -1.78. The van der Waals surface area contributed by atoms with Crippen molar-refractivity contribution in [3.63, 3.8) is 0 Å². The Labute approximate surface area is 225 Å². The van der Waals surface area contributed by atoms with Crippen molar-refractivity contribution in [2.45, 2.75) is 32.4 Å². The Hall–Kier alpha value is -3.14. The van der Waals surface area contributed by atoms with Crippen molar-refractivity contribution in [2.24, 2.45) is 0 Å². The monoisotopic (exact) mass is 489 g/mol. The first kappa shape index (κ1) is 28.1. The molecule has 0 bridgehead atoms. The molecule has 1 aliphatic heterocycles. The zero-order valence-corrected chi connectivity index (χ0v) is 19.4. The quantitative estimate of drug-likeness (QED) is 0.404. The predicted octanol–water partition coefficient (Wildman–Crippen LogP) is 2.07. The molecule has 180 valence electrons. The molecule has 10 heteroatoms. The maximum absolute atomic E-state index is 12.8. The second-order valence-electron chi connectivity index (χ2n) is 8.07. The van der Waals surface area contributed by atoms with Crippen molar-refractivity contribution in [1.82, 2.24) is 15.5 Å². The zero-order valence-electron chi connectivity index (χ0n) is 19.4. The van der Waals surface area contributed by atoms with E-state index in [0.29, 0.717) is 11.3 Å². The van der Waals surface area contributed by atoms with Crippen LogP contribution in [0.5, 0.6) is 5.75 Å². The van der Waals surface area contributed by atoms with Gasteiger partial charge in [-0.2, -0.15) is 0 Å². The second kappa shape index (κ2) is 12.0. The number of carbonyl (C=O) groups is 4. The van der Waals surface area contributed by atoms with E-state index in [0.717, 1.165) is 22.3 Å². The molecule has 0 fully saturated rings. The Kier molecular flexibility index (Phi) is 9.64. The van der Waals surface area contributed by atoms with Crippen LogP contribution >= 0.6 is 0 Å². The van der Waals surface area contributed by atoms with Crippen LogP contribution in [0.15, 0.2) is 48.7 Å². The number of carboxylic acids is 1. The van der Waals surface area contributed by atoms with Crippen LogP contribution < -0.4 is 15.4 Å². The van der Waals surface area contributed by atoms with Crippen LogP contribution in [0, 0.1) is 13.8 Å². The normalized spacial score (nSPS) is 15.8. The SMILES string of the molecule is COc1cc(-c2ccccc2C)c(C)c(C(CC(=O)O)NC(=O)NC2C(=O)C=CN(C)C2=O)c1.[NaH]. The topological polar surface area (TPSA) is 125 Å². The Bertz CT molecular complexity index is 1180. The van der Waals surface area contributed by atoms with Gasteiger partial charge in [0.2, 0.25) is 0 Å². The van der Waals surface area contributed by atoms with E-state index in [-0.39, 0.29) is 29.6 Å². The van der Waals surface area contributed by atoms with Crippen LogP contribution in [0.3, 0.4) is 0 Å². The number of benzene rings is 2. The third-order valence-electron chi connectivity index (χ3n) is 5.77. The minimum atomic E-state index is -1.38. The van der Waals surface area contributed by atoms with E-state index in [4.69, 9.17) is 4.74 Å². The molecule has 0 spiro atoms. The molecule has 0 aliphatic carbocycles. The van der Waals surface area contributed by atoms with Crippen LogP contribution in [0.2, 0.25) is 0 Å². The molecule has 3 rings (SSSR count). The number of aryl methyl sites for hydroxylation is 1. The molecule has 2 aromatic carbocycles. The Morgan fingerprint density at radius 2 is 1.83 bits per heavy atom. The third kappa shape index (κ3) is 6.50. The number of nitrogens with one attached hydrogen (secondary N) is 2. The van der Waals surface area contributed by atoms with Crippen molar-refractivity contribution in [1.29, 1.82) is 0 Å². The Morgan fingerprint density at radius 1 is 1.14 bits per heavy atom. The van der Waals surface area contributed by atoms with Crippen molar-refractivity contribution in [2.75, 3.05) is 14.2 Å². The molecule has 35 heavy (non-hydrogen) atoms. The number of ether oxygens (including phenoxy) is 1. The minimum absolute atomic E-state index is 0. The average Bonchev–Trinajstić information content (AvgIpc) is 2.79. The summed E-state index contributed by atoms with van der Waals surface area (Å²) in [6.45, 7) is 3.82. The van der Waals surface area contributed by atoms with E-state index in [1.54, 1.807) is 6.07 Å². The molecule has 1 heterocycles. The summed E-state index contributed by atoms with van der Waals surface area (Å²) in [6, 6.07) is 8.14. The number of hydrogen-bond acceptors (Lipinski definition) is 5. The van der Waals surface area contributed by atoms with Crippen LogP contribution in [-0.2, 0) is 14.4 Å². The van der Waals surface area contributed by atoms with E-state index < -0.39 is 42.2 Å². The first-order chi connectivity index (χ1) is 16.1. The fourth-order valence-corrected chi connectivity index (χ4v) is 3.90. The number of rotatable bonds is 7. The molecular formula is C25H28N3NaO6. The molecule has 0 saturated heterocycles.